The van der Waals surface area contributed by atoms with Crippen molar-refractivity contribution in [2.75, 3.05) is 23.7 Å². The summed E-state index contributed by atoms with van der Waals surface area (Å²) < 4.78 is 5.31. The van der Waals surface area contributed by atoms with Gasteiger partial charge >= 0.3 is 12.1 Å². The third-order valence-electron chi connectivity index (χ3n) is 8.25. The van der Waals surface area contributed by atoms with Crippen molar-refractivity contribution in [3.63, 3.8) is 0 Å². The molecule has 280 valence electrons. The molecule has 2 aromatic carbocycles. The first kappa shape index (κ1) is 40.7. The zero-order valence-corrected chi connectivity index (χ0v) is 29.9. The molecule has 0 fully saturated rings. The number of nitrogens with one attached hydrogen (secondary N) is 5. The summed E-state index contributed by atoms with van der Waals surface area (Å²) in [7, 11) is 0. The zero-order chi connectivity index (χ0) is 38.0. The molecule has 0 bridgehead atoms. The summed E-state index contributed by atoms with van der Waals surface area (Å²) >= 11 is 0. The van der Waals surface area contributed by atoms with Crippen molar-refractivity contribution in [3.05, 3.63) is 71.8 Å². The van der Waals surface area contributed by atoms with E-state index in [-0.39, 0.29) is 56.2 Å². The van der Waals surface area contributed by atoms with Gasteiger partial charge in [0.2, 0.25) is 17.7 Å². The number of unbranched alkanes of at least 4 members (excludes halogenated alkanes) is 2. The van der Waals surface area contributed by atoms with Gasteiger partial charge in [-0.15, -0.1) is 0 Å². The molecule has 0 radical (unpaired) electrons. The number of rotatable bonds is 20. The predicted molar refractivity (Wildman–Crippen MR) is 195 cm³/mol. The minimum atomic E-state index is -1.01. The van der Waals surface area contributed by atoms with E-state index in [1.165, 1.54) is 12.2 Å². The van der Waals surface area contributed by atoms with E-state index < -0.39 is 36.0 Å². The molecule has 1 aliphatic rings. The highest BCUT2D eigenvalue weighted by atomic mass is 16.5. The Bertz CT molecular complexity index is 1570. The quantitative estimate of drug-likeness (QED) is 0.0877. The van der Waals surface area contributed by atoms with E-state index in [1.54, 1.807) is 50.2 Å². The van der Waals surface area contributed by atoms with Crippen LogP contribution in [-0.4, -0.2) is 71.7 Å². The van der Waals surface area contributed by atoms with Crippen LogP contribution in [0.2, 0.25) is 0 Å². The van der Waals surface area contributed by atoms with Crippen LogP contribution in [0.15, 0.2) is 60.7 Å². The smallest absolute Gasteiger partial charge is 0.411 e. The highest BCUT2D eigenvalue weighted by molar-refractivity contribution is 6.12. The number of imide groups is 1. The van der Waals surface area contributed by atoms with Gasteiger partial charge in [0.1, 0.15) is 18.7 Å². The van der Waals surface area contributed by atoms with E-state index in [4.69, 9.17) is 10.5 Å². The van der Waals surface area contributed by atoms with E-state index >= 15 is 0 Å². The summed E-state index contributed by atoms with van der Waals surface area (Å²) in [6.07, 6.45) is 5.00. The molecule has 15 heteroatoms. The van der Waals surface area contributed by atoms with Crippen LogP contribution in [0, 0.1) is 5.92 Å². The second kappa shape index (κ2) is 20.8. The average molecular weight is 720 g/mol. The van der Waals surface area contributed by atoms with Crippen LogP contribution in [0.3, 0.4) is 0 Å². The maximum atomic E-state index is 13.4. The Balaban J connectivity index is 1.51. The molecule has 1 heterocycles. The van der Waals surface area contributed by atoms with Gasteiger partial charge < -0.3 is 31.7 Å². The van der Waals surface area contributed by atoms with Gasteiger partial charge in [0.15, 0.2) is 0 Å². The van der Waals surface area contributed by atoms with Gasteiger partial charge in [-0.05, 0) is 73.4 Å². The summed E-state index contributed by atoms with van der Waals surface area (Å²) in [6.45, 7) is 6.04. The first-order chi connectivity index (χ1) is 24.9. The predicted octanol–water partition coefficient (Wildman–Crippen LogP) is 3.50. The fourth-order valence-electron chi connectivity index (χ4n) is 5.25. The van der Waals surface area contributed by atoms with Crippen molar-refractivity contribution in [2.45, 2.75) is 84.4 Å². The van der Waals surface area contributed by atoms with Crippen molar-refractivity contribution >= 4 is 53.0 Å². The molecule has 0 aromatic heterocycles. The highest BCUT2D eigenvalue weighted by Gasteiger charge is 2.29. The number of aryl methyl sites for hydroxylation is 1. The number of nitrogens with two attached hydrogens (primary N) is 1. The van der Waals surface area contributed by atoms with Gasteiger partial charge in [0.25, 0.3) is 11.8 Å². The van der Waals surface area contributed by atoms with Gasteiger partial charge in [-0.3, -0.25) is 34.2 Å². The van der Waals surface area contributed by atoms with E-state index in [0.717, 1.165) is 16.9 Å². The van der Waals surface area contributed by atoms with Crippen LogP contribution in [0.25, 0.3) is 0 Å². The van der Waals surface area contributed by atoms with Gasteiger partial charge in [0.05, 0.1) is 0 Å². The number of hydrogen-bond acceptors (Lipinski definition) is 8. The van der Waals surface area contributed by atoms with Crippen molar-refractivity contribution in [1.29, 1.82) is 0 Å². The number of carbonyl (C=O) groups is 7. The molecular weight excluding hydrogens is 670 g/mol. The minimum Gasteiger partial charge on any atom is -0.444 e. The third-order valence-corrected chi connectivity index (χ3v) is 8.25. The zero-order valence-electron chi connectivity index (χ0n) is 29.9. The molecular formula is C37H49N7O8. The number of urea groups is 1. The number of ether oxygens (including phenoxy) is 1. The Hall–Kier alpha value is -5.73. The molecule has 0 unspecified atom stereocenters. The molecule has 3 rings (SSSR count). The van der Waals surface area contributed by atoms with Gasteiger partial charge in [-0.25, -0.2) is 9.59 Å². The monoisotopic (exact) mass is 719 g/mol. The number of carbonyl (C=O) groups excluding carboxylic acids is 7. The summed E-state index contributed by atoms with van der Waals surface area (Å²) in [6, 6.07) is 11.5. The lowest BCUT2D eigenvalue weighted by Crippen LogP contribution is -2.54. The Morgan fingerprint density at radius 1 is 0.769 bits per heavy atom. The Kier molecular flexibility index (Phi) is 16.3. The molecule has 8 amide bonds. The van der Waals surface area contributed by atoms with Crippen LogP contribution in [0.5, 0.6) is 0 Å². The SMILES string of the molecule is CCc1ccc(NC(=O)OCc2ccc(NC(=O)[C@H](CCCNC(N)=O)NC(=O)[C@@H](NC(=O)CCCCCN3C(=O)C=CC3=O)C(C)C)cc2)cc1. The van der Waals surface area contributed by atoms with Crippen LogP contribution >= 0.6 is 0 Å². The standard InChI is InChI=1S/C37H49N7O8/c1-4-25-11-15-28(16-12-25)41-37(51)52-23-26-13-17-27(18-14-26)40-34(48)29(9-8-21-39-36(38)50)42-35(49)33(24(2)3)43-30(45)10-6-5-7-22-44-31(46)19-20-32(44)47/h11-20,24,29,33H,4-10,21-23H2,1-3H3,(H,40,48)(H,41,51)(H,42,49)(H,43,45)(H3,38,39,50)/t29-,33-/m0/s1. The normalized spacial score (nSPS) is 13.3. The van der Waals surface area contributed by atoms with Gasteiger partial charge in [-0.1, -0.05) is 51.5 Å². The lowest BCUT2D eigenvalue weighted by Gasteiger charge is -2.25. The number of anilines is 2. The second-order valence-electron chi connectivity index (χ2n) is 12.7. The minimum absolute atomic E-state index is 0.000700. The van der Waals surface area contributed by atoms with Gasteiger partial charge in [0, 0.05) is 43.0 Å². The van der Waals surface area contributed by atoms with Crippen LogP contribution in [-0.2, 0) is 41.7 Å². The Labute approximate surface area is 303 Å². The van der Waals surface area contributed by atoms with Crippen molar-refractivity contribution in [3.8, 4) is 0 Å². The van der Waals surface area contributed by atoms with Gasteiger partial charge in [-0.2, -0.15) is 0 Å². The van der Waals surface area contributed by atoms with E-state index in [1.807, 2.05) is 19.1 Å². The van der Waals surface area contributed by atoms with E-state index in [2.05, 4.69) is 26.6 Å². The molecule has 0 saturated heterocycles. The summed E-state index contributed by atoms with van der Waals surface area (Å²) in [5.41, 5.74) is 8.04. The number of primary amides is 1. The lowest BCUT2D eigenvalue weighted by molar-refractivity contribution is -0.137. The lowest BCUT2D eigenvalue weighted by atomic mass is 10.0. The van der Waals surface area contributed by atoms with Crippen molar-refractivity contribution < 1.29 is 38.3 Å². The molecule has 7 N–H and O–H groups in total. The van der Waals surface area contributed by atoms with Crippen LogP contribution in [0.1, 0.15) is 70.4 Å². The number of benzene rings is 2. The molecule has 0 spiro atoms. The first-order valence-corrected chi connectivity index (χ1v) is 17.4. The van der Waals surface area contributed by atoms with Crippen LogP contribution < -0.4 is 32.3 Å². The van der Waals surface area contributed by atoms with Crippen molar-refractivity contribution in [1.82, 2.24) is 20.9 Å². The summed E-state index contributed by atoms with van der Waals surface area (Å²) in [4.78, 5) is 87.4. The summed E-state index contributed by atoms with van der Waals surface area (Å²) in [5.74, 6) is -2.40. The summed E-state index contributed by atoms with van der Waals surface area (Å²) in [5, 5.41) is 13.4. The average Bonchev–Trinajstić information content (AvgIpc) is 3.43. The molecule has 52 heavy (non-hydrogen) atoms. The van der Waals surface area contributed by atoms with Crippen molar-refractivity contribution in [2.24, 2.45) is 11.7 Å². The number of nitrogens with zero attached hydrogens (tertiary/aromatic N) is 1. The van der Waals surface area contributed by atoms with Crippen LogP contribution in [0.4, 0.5) is 21.0 Å². The molecule has 0 saturated carbocycles. The number of amides is 8. The maximum absolute atomic E-state index is 13.4. The third kappa shape index (κ3) is 13.9. The molecule has 1 aliphatic heterocycles. The fraction of sp³-hybridized carbons (Fsp3) is 0.432. The largest absolute Gasteiger partial charge is 0.444 e. The molecule has 0 aliphatic carbocycles. The Morgan fingerprint density at radius 2 is 1.38 bits per heavy atom. The first-order valence-electron chi connectivity index (χ1n) is 17.4. The molecule has 2 aromatic rings. The second-order valence-corrected chi connectivity index (χ2v) is 12.7. The molecule has 15 nitrogen and oxygen atoms in total. The van der Waals surface area contributed by atoms with E-state index in [0.29, 0.717) is 42.6 Å². The maximum Gasteiger partial charge on any atom is 0.411 e. The fourth-order valence-corrected chi connectivity index (χ4v) is 5.25. The highest BCUT2D eigenvalue weighted by Crippen LogP contribution is 2.15. The number of hydrogen-bond donors (Lipinski definition) is 6. The molecule has 2 atom stereocenters. The van der Waals surface area contributed by atoms with E-state index in [9.17, 15) is 33.6 Å². The topological polar surface area (TPSA) is 218 Å². The Morgan fingerprint density at radius 3 is 1.98 bits per heavy atom.